The standard InChI is InChI=1S/C23H41N3O/c1-2-3-4-5-6-7-8-13-18-26-19-20-14-9-10-15-21(20)23(27)22(25)16-11-12-17-24/h9-10,14-15,22,26H,2-8,11-13,16-19,24-25H2,1H3/t22-/m0/s1. The van der Waals surface area contributed by atoms with Crippen molar-refractivity contribution in [2.75, 3.05) is 13.1 Å². The molecule has 0 bridgehead atoms. The molecule has 0 aromatic heterocycles. The molecule has 0 radical (unpaired) electrons. The van der Waals surface area contributed by atoms with Crippen molar-refractivity contribution >= 4 is 5.78 Å². The van der Waals surface area contributed by atoms with Crippen LogP contribution in [-0.4, -0.2) is 24.9 Å². The van der Waals surface area contributed by atoms with Gasteiger partial charge in [-0.05, 0) is 37.9 Å². The molecule has 0 aliphatic rings. The van der Waals surface area contributed by atoms with Gasteiger partial charge in [-0.15, -0.1) is 0 Å². The number of rotatable bonds is 17. The minimum absolute atomic E-state index is 0.0523. The van der Waals surface area contributed by atoms with E-state index in [9.17, 15) is 4.79 Å². The molecular weight excluding hydrogens is 334 g/mol. The molecular formula is C23H41N3O. The van der Waals surface area contributed by atoms with Crippen LogP contribution in [0.3, 0.4) is 0 Å². The Bertz CT molecular complexity index is 504. The molecule has 4 heteroatoms. The number of carbonyl (C=O) groups is 1. The van der Waals surface area contributed by atoms with Crippen LogP contribution < -0.4 is 16.8 Å². The van der Waals surface area contributed by atoms with Crippen molar-refractivity contribution < 1.29 is 4.79 Å². The molecule has 0 unspecified atom stereocenters. The number of unbranched alkanes of at least 4 members (excludes halogenated alkanes) is 8. The third-order valence-electron chi connectivity index (χ3n) is 5.11. The fourth-order valence-electron chi connectivity index (χ4n) is 3.36. The molecule has 0 spiro atoms. The van der Waals surface area contributed by atoms with Crippen LogP contribution in [0, 0.1) is 0 Å². The second-order valence-electron chi connectivity index (χ2n) is 7.56. The summed E-state index contributed by atoms with van der Waals surface area (Å²) in [6.45, 7) is 4.64. The first-order valence-corrected chi connectivity index (χ1v) is 11.0. The van der Waals surface area contributed by atoms with Gasteiger partial charge >= 0.3 is 0 Å². The third-order valence-corrected chi connectivity index (χ3v) is 5.11. The number of nitrogens with one attached hydrogen (secondary N) is 1. The first-order valence-electron chi connectivity index (χ1n) is 11.0. The first kappa shape index (κ1) is 23.8. The van der Waals surface area contributed by atoms with E-state index >= 15 is 0 Å². The first-order chi connectivity index (χ1) is 13.2. The highest BCUT2D eigenvalue weighted by Gasteiger charge is 2.17. The molecule has 0 aliphatic carbocycles. The summed E-state index contributed by atoms with van der Waals surface area (Å²) in [7, 11) is 0. The van der Waals surface area contributed by atoms with E-state index in [0.29, 0.717) is 13.0 Å². The lowest BCUT2D eigenvalue weighted by molar-refractivity contribution is 0.0955. The maximum absolute atomic E-state index is 12.7. The van der Waals surface area contributed by atoms with Crippen LogP contribution in [-0.2, 0) is 6.54 Å². The van der Waals surface area contributed by atoms with Gasteiger partial charge in [-0.1, -0.05) is 82.6 Å². The van der Waals surface area contributed by atoms with Crippen LogP contribution in [0.5, 0.6) is 0 Å². The molecule has 1 aromatic rings. The van der Waals surface area contributed by atoms with Gasteiger partial charge < -0.3 is 16.8 Å². The summed E-state index contributed by atoms with van der Waals surface area (Å²) in [4.78, 5) is 12.7. The third kappa shape index (κ3) is 10.6. The van der Waals surface area contributed by atoms with E-state index in [1.165, 1.54) is 51.4 Å². The fraction of sp³-hybridized carbons (Fsp3) is 0.696. The number of benzene rings is 1. The predicted octanol–water partition coefficient (Wildman–Crippen LogP) is 4.56. The van der Waals surface area contributed by atoms with E-state index < -0.39 is 6.04 Å². The van der Waals surface area contributed by atoms with Crippen molar-refractivity contribution in [1.29, 1.82) is 0 Å². The zero-order chi connectivity index (χ0) is 19.7. The molecule has 154 valence electrons. The van der Waals surface area contributed by atoms with Crippen molar-refractivity contribution in [3.05, 3.63) is 35.4 Å². The summed E-state index contributed by atoms with van der Waals surface area (Å²) in [5.41, 5.74) is 13.4. The molecule has 0 aliphatic heterocycles. The van der Waals surface area contributed by atoms with Crippen LogP contribution in [0.1, 0.15) is 93.5 Å². The average Bonchev–Trinajstić information content (AvgIpc) is 2.69. The minimum atomic E-state index is -0.426. The summed E-state index contributed by atoms with van der Waals surface area (Å²) in [5, 5.41) is 3.49. The molecule has 5 N–H and O–H groups in total. The number of hydrogen-bond donors (Lipinski definition) is 3. The van der Waals surface area contributed by atoms with Gasteiger partial charge in [0.25, 0.3) is 0 Å². The summed E-state index contributed by atoms with van der Waals surface area (Å²) in [6.07, 6.45) is 13.1. The number of Topliss-reactive ketones (excluding diaryl/α,β-unsaturated/α-hetero) is 1. The highest BCUT2D eigenvalue weighted by molar-refractivity contribution is 6.01. The van der Waals surface area contributed by atoms with Gasteiger partial charge in [0, 0.05) is 12.1 Å². The van der Waals surface area contributed by atoms with Gasteiger partial charge in [-0.2, -0.15) is 0 Å². The van der Waals surface area contributed by atoms with Crippen LogP contribution in [0.2, 0.25) is 0 Å². The maximum atomic E-state index is 12.7. The summed E-state index contributed by atoms with van der Waals surface area (Å²) in [5.74, 6) is 0.0523. The molecule has 4 nitrogen and oxygen atoms in total. The van der Waals surface area contributed by atoms with E-state index in [2.05, 4.69) is 12.2 Å². The lowest BCUT2D eigenvalue weighted by Gasteiger charge is -2.14. The Morgan fingerprint density at radius 3 is 2.33 bits per heavy atom. The second-order valence-corrected chi connectivity index (χ2v) is 7.56. The van der Waals surface area contributed by atoms with Crippen molar-refractivity contribution in [3.8, 4) is 0 Å². The zero-order valence-corrected chi connectivity index (χ0v) is 17.3. The summed E-state index contributed by atoms with van der Waals surface area (Å²) in [6, 6.07) is 7.41. The lowest BCUT2D eigenvalue weighted by atomic mass is 9.96. The van der Waals surface area contributed by atoms with Gasteiger partial charge in [0.2, 0.25) is 0 Å². The summed E-state index contributed by atoms with van der Waals surface area (Å²) >= 11 is 0. The van der Waals surface area contributed by atoms with Gasteiger partial charge in [-0.25, -0.2) is 0 Å². The van der Waals surface area contributed by atoms with Crippen LogP contribution in [0.15, 0.2) is 24.3 Å². The SMILES string of the molecule is CCCCCCCCCCNCc1ccccc1C(=O)[C@@H](N)CCCCN. The molecule has 1 rings (SSSR count). The van der Waals surface area contributed by atoms with Crippen LogP contribution in [0.4, 0.5) is 0 Å². The maximum Gasteiger partial charge on any atom is 0.179 e. The Morgan fingerprint density at radius 1 is 0.963 bits per heavy atom. The number of hydrogen-bond acceptors (Lipinski definition) is 4. The fourth-order valence-corrected chi connectivity index (χ4v) is 3.36. The summed E-state index contributed by atoms with van der Waals surface area (Å²) < 4.78 is 0. The van der Waals surface area contributed by atoms with Gasteiger partial charge in [0.1, 0.15) is 0 Å². The Kier molecular flexibility index (Phi) is 13.9. The van der Waals surface area contributed by atoms with Crippen molar-refractivity contribution in [3.63, 3.8) is 0 Å². The van der Waals surface area contributed by atoms with E-state index in [-0.39, 0.29) is 5.78 Å². The molecule has 0 saturated carbocycles. The molecule has 1 aromatic carbocycles. The molecule has 1 atom stereocenters. The van der Waals surface area contributed by atoms with Gasteiger partial charge in [0.15, 0.2) is 5.78 Å². The van der Waals surface area contributed by atoms with E-state index in [1.54, 1.807) is 0 Å². The average molecular weight is 376 g/mol. The Labute approximate surface area is 166 Å². The smallest absolute Gasteiger partial charge is 0.179 e. The topological polar surface area (TPSA) is 81.1 Å². The number of nitrogens with two attached hydrogens (primary N) is 2. The molecule has 0 fully saturated rings. The minimum Gasteiger partial charge on any atom is -0.330 e. The normalized spacial score (nSPS) is 12.3. The Hall–Kier alpha value is -1.23. The van der Waals surface area contributed by atoms with Crippen LogP contribution in [0.25, 0.3) is 0 Å². The monoisotopic (exact) mass is 375 g/mol. The Morgan fingerprint density at radius 2 is 1.63 bits per heavy atom. The molecule has 0 heterocycles. The predicted molar refractivity (Wildman–Crippen MR) is 116 cm³/mol. The zero-order valence-electron chi connectivity index (χ0n) is 17.3. The quantitative estimate of drug-likeness (QED) is 0.275. The molecule has 0 amide bonds. The Balaban J connectivity index is 2.28. The highest BCUT2D eigenvalue weighted by atomic mass is 16.1. The van der Waals surface area contributed by atoms with E-state index in [0.717, 1.165) is 37.1 Å². The molecule has 0 saturated heterocycles. The van der Waals surface area contributed by atoms with Crippen LogP contribution >= 0.6 is 0 Å². The van der Waals surface area contributed by atoms with E-state index in [4.69, 9.17) is 11.5 Å². The van der Waals surface area contributed by atoms with Crippen molar-refractivity contribution in [2.45, 2.75) is 90.1 Å². The molecule has 27 heavy (non-hydrogen) atoms. The largest absolute Gasteiger partial charge is 0.330 e. The van der Waals surface area contributed by atoms with Gasteiger partial charge in [-0.3, -0.25) is 4.79 Å². The van der Waals surface area contributed by atoms with E-state index in [1.807, 2.05) is 24.3 Å². The lowest BCUT2D eigenvalue weighted by Crippen LogP contribution is -2.31. The van der Waals surface area contributed by atoms with Crippen molar-refractivity contribution in [2.24, 2.45) is 11.5 Å². The second kappa shape index (κ2) is 15.8. The number of carbonyl (C=O) groups excluding carboxylic acids is 1. The number of ketones is 1. The van der Waals surface area contributed by atoms with Gasteiger partial charge in [0.05, 0.1) is 6.04 Å². The van der Waals surface area contributed by atoms with Crippen molar-refractivity contribution in [1.82, 2.24) is 5.32 Å². The highest BCUT2D eigenvalue weighted by Crippen LogP contribution is 2.14.